The number of carbonyl (C=O) groups is 1. The SMILES string of the molecule is CCOC(=O)CCc1ccc2c(c1)oc1ccc(Cl)cc12. The van der Waals surface area contributed by atoms with Crippen LogP contribution in [0.3, 0.4) is 0 Å². The van der Waals surface area contributed by atoms with E-state index in [1.807, 2.05) is 43.3 Å². The standard InChI is InChI=1S/C17H15ClO3/c1-2-20-17(19)8-4-11-3-6-13-14-10-12(18)5-7-15(14)21-16(13)9-11/h3,5-7,9-10H,2,4,8H2,1H3. The quantitative estimate of drug-likeness (QED) is 0.654. The molecule has 2 aromatic carbocycles. The highest BCUT2D eigenvalue weighted by molar-refractivity contribution is 6.31. The molecule has 0 N–H and O–H groups in total. The summed E-state index contributed by atoms with van der Waals surface area (Å²) in [6.45, 7) is 2.23. The van der Waals surface area contributed by atoms with Gasteiger partial charge in [-0.3, -0.25) is 4.79 Å². The first-order valence-corrected chi connectivity index (χ1v) is 7.31. The van der Waals surface area contributed by atoms with Crippen molar-refractivity contribution in [1.82, 2.24) is 0 Å². The molecule has 108 valence electrons. The smallest absolute Gasteiger partial charge is 0.306 e. The summed E-state index contributed by atoms with van der Waals surface area (Å²) >= 11 is 6.03. The molecule has 0 unspecified atom stereocenters. The fourth-order valence-corrected chi connectivity index (χ4v) is 2.60. The number of fused-ring (bicyclic) bond motifs is 3. The van der Waals surface area contributed by atoms with E-state index in [2.05, 4.69) is 0 Å². The maximum Gasteiger partial charge on any atom is 0.306 e. The van der Waals surface area contributed by atoms with E-state index in [9.17, 15) is 4.79 Å². The van der Waals surface area contributed by atoms with Gasteiger partial charge in [-0.1, -0.05) is 23.7 Å². The number of ether oxygens (including phenoxy) is 1. The number of hydrogen-bond donors (Lipinski definition) is 0. The first kappa shape index (κ1) is 14.0. The van der Waals surface area contributed by atoms with Crippen LogP contribution in [0.15, 0.2) is 40.8 Å². The van der Waals surface area contributed by atoms with Crippen LogP contribution in [0, 0.1) is 0 Å². The van der Waals surface area contributed by atoms with Crippen molar-refractivity contribution < 1.29 is 13.9 Å². The molecule has 0 aliphatic rings. The van der Waals surface area contributed by atoms with Crippen molar-refractivity contribution in [3.63, 3.8) is 0 Å². The number of halogens is 1. The minimum Gasteiger partial charge on any atom is -0.466 e. The Kier molecular flexibility index (Phi) is 3.84. The van der Waals surface area contributed by atoms with Gasteiger partial charge in [0.1, 0.15) is 11.2 Å². The highest BCUT2D eigenvalue weighted by Gasteiger charge is 2.09. The number of esters is 1. The third kappa shape index (κ3) is 2.88. The minimum atomic E-state index is -0.172. The second-order valence-electron chi connectivity index (χ2n) is 4.88. The Morgan fingerprint density at radius 3 is 2.81 bits per heavy atom. The summed E-state index contributed by atoms with van der Waals surface area (Å²) in [5.74, 6) is -0.172. The fraction of sp³-hybridized carbons (Fsp3) is 0.235. The average molecular weight is 303 g/mol. The van der Waals surface area contributed by atoms with Crippen LogP contribution < -0.4 is 0 Å². The van der Waals surface area contributed by atoms with E-state index in [4.69, 9.17) is 20.8 Å². The van der Waals surface area contributed by atoms with E-state index in [1.165, 1.54) is 0 Å². The third-order valence-electron chi connectivity index (χ3n) is 3.42. The van der Waals surface area contributed by atoms with Crippen LogP contribution in [0.1, 0.15) is 18.9 Å². The van der Waals surface area contributed by atoms with Gasteiger partial charge in [-0.2, -0.15) is 0 Å². The summed E-state index contributed by atoms with van der Waals surface area (Å²) in [6, 6.07) is 11.6. The van der Waals surface area contributed by atoms with Gasteiger partial charge in [-0.15, -0.1) is 0 Å². The molecule has 0 radical (unpaired) electrons. The second kappa shape index (κ2) is 5.78. The highest BCUT2D eigenvalue weighted by Crippen LogP contribution is 2.31. The van der Waals surface area contributed by atoms with Crippen LogP contribution in [0.5, 0.6) is 0 Å². The molecule has 3 rings (SSSR count). The molecular formula is C17H15ClO3. The van der Waals surface area contributed by atoms with E-state index in [0.717, 1.165) is 27.5 Å². The summed E-state index contributed by atoms with van der Waals surface area (Å²) in [5.41, 5.74) is 2.69. The maximum atomic E-state index is 11.4. The van der Waals surface area contributed by atoms with Crippen molar-refractivity contribution in [2.45, 2.75) is 19.8 Å². The third-order valence-corrected chi connectivity index (χ3v) is 3.66. The Labute approximate surface area is 127 Å². The lowest BCUT2D eigenvalue weighted by atomic mass is 10.1. The number of carbonyl (C=O) groups excluding carboxylic acids is 1. The predicted octanol–water partition coefficient (Wildman–Crippen LogP) is 4.74. The number of benzene rings is 2. The predicted molar refractivity (Wildman–Crippen MR) is 83.7 cm³/mol. The molecule has 0 saturated carbocycles. The topological polar surface area (TPSA) is 39.4 Å². The van der Waals surface area contributed by atoms with Crippen molar-refractivity contribution in [2.75, 3.05) is 6.61 Å². The molecule has 21 heavy (non-hydrogen) atoms. The number of rotatable bonds is 4. The zero-order valence-corrected chi connectivity index (χ0v) is 12.4. The lowest BCUT2D eigenvalue weighted by Crippen LogP contribution is -2.04. The van der Waals surface area contributed by atoms with Gasteiger partial charge >= 0.3 is 5.97 Å². The van der Waals surface area contributed by atoms with Crippen LogP contribution in [0.2, 0.25) is 5.02 Å². The van der Waals surface area contributed by atoms with E-state index < -0.39 is 0 Å². The number of aryl methyl sites for hydroxylation is 1. The Morgan fingerprint density at radius 2 is 2.00 bits per heavy atom. The van der Waals surface area contributed by atoms with Crippen LogP contribution >= 0.6 is 11.6 Å². The molecule has 1 aromatic heterocycles. The Balaban J connectivity index is 1.90. The van der Waals surface area contributed by atoms with Gasteiger partial charge in [-0.25, -0.2) is 0 Å². The van der Waals surface area contributed by atoms with Crippen LogP contribution in [0.4, 0.5) is 0 Å². The molecule has 1 heterocycles. The lowest BCUT2D eigenvalue weighted by molar-refractivity contribution is -0.143. The van der Waals surface area contributed by atoms with Gasteiger partial charge in [-0.05, 0) is 43.2 Å². The average Bonchev–Trinajstić information content (AvgIpc) is 2.82. The second-order valence-corrected chi connectivity index (χ2v) is 5.31. The Bertz CT molecular complexity index is 804. The Morgan fingerprint density at radius 1 is 1.14 bits per heavy atom. The monoisotopic (exact) mass is 302 g/mol. The molecular weight excluding hydrogens is 288 g/mol. The zero-order chi connectivity index (χ0) is 14.8. The van der Waals surface area contributed by atoms with Gasteiger partial charge in [0.15, 0.2) is 0 Å². The largest absolute Gasteiger partial charge is 0.466 e. The van der Waals surface area contributed by atoms with Crippen molar-refractivity contribution in [3.05, 3.63) is 47.0 Å². The van der Waals surface area contributed by atoms with E-state index in [-0.39, 0.29) is 5.97 Å². The van der Waals surface area contributed by atoms with E-state index in [1.54, 1.807) is 0 Å². The molecule has 0 bridgehead atoms. The van der Waals surface area contributed by atoms with E-state index >= 15 is 0 Å². The van der Waals surface area contributed by atoms with Gasteiger partial charge < -0.3 is 9.15 Å². The first-order chi connectivity index (χ1) is 10.2. The molecule has 4 heteroatoms. The van der Waals surface area contributed by atoms with Crippen molar-refractivity contribution in [2.24, 2.45) is 0 Å². The molecule has 0 atom stereocenters. The van der Waals surface area contributed by atoms with Gasteiger partial charge in [0.2, 0.25) is 0 Å². The number of hydrogen-bond acceptors (Lipinski definition) is 3. The molecule has 0 spiro atoms. The van der Waals surface area contributed by atoms with Crippen molar-refractivity contribution in [1.29, 1.82) is 0 Å². The summed E-state index contributed by atoms with van der Waals surface area (Å²) in [6.07, 6.45) is 1.03. The molecule has 3 aromatic rings. The minimum absolute atomic E-state index is 0.172. The summed E-state index contributed by atoms with van der Waals surface area (Å²) in [5, 5.41) is 2.73. The summed E-state index contributed by atoms with van der Waals surface area (Å²) in [7, 11) is 0. The van der Waals surface area contributed by atoms with Gasteiger partial charge in [0, 0.05) is 22.2 Å². The molecule has 0 aliphatic heterocycles. The first-order valence-electron chi connectivity index (χ1n) is 6.93. The van der Waals surface area contributed by atoms with Gasteiger partial charge in [0.25, 0.3) is 0 Å². The summed E-state index contributed by atoms with van der Waals surface area (Å²) in [4.78, 5) is 11.4. The maximum absolute atomic E-state index is 11.4. The van der Waals surface area contributed by atoms with Gasteiger partial charge in [0.05, 0.1) is 6.61 Å². The normalized spacial score (nSPS) is 11.1. The lowest BCUT2D eigenvalue weighted by Gasteiger charge is -2.02. The summed E-state index contributed by atoms with van der Waals surface area (Å²) < 4.78 is 10.8. The van der Waals surface area contributed by atoms with E-state index in [0.29, 0.717) is 24.5 Å². The molecule has 3 nitrogen and oxygen atoms in total. The molecule has 0 saturated heterocycles. The van der Waals surface area contributed by atoms with Crippen LogP contribution in [0.25, 0.3) is 21.9 Å². The zero-order valence-electron chi connectivity index (χ0n) is 11.7. The molecule has 0 fully saturated rings. The van der Waals surface area contributed by atoms with Crippen molar-refractivity contribution >= 4 is 39.5 Å². The van der Waals surface area contributed by atoms with Crippen LogP contribution in [-0.4, -0.2) is 12.6 Å². The fourth-order valence-electron chi connectivity index (χ4n) is 2.43. The highest BCUT2D eigenvalue weighted by atomic mass is 35.5. The molecule has 0 aliphatic carbocycles. The number of furan rings is 1. The Hall–Kier alpha value is -2.00. The van der Waals surface area contributed by atoms with Crippen molar-refractivity contribution in [3.8, 4) is 0 Å². The van der Waals surface area contributed by atoms with Crippen LogP contribution in [-0.2, 0) is 16.0 Å². The molecule has 0 amide bonds.